The maximum atomic E-state index is 12.1. The fourth-order valence-corrected chi connectivity index (χ4v) is 4.81. The molecule has 1 aromatic carbocycles. The van der Waals surface area contributed by atoms with Crippen molar-refractivity contribution in [1.82, 2.24) is 5.32 Å². The molecule has 1 fully saturated rings. The maximum Gasteiger partial charge on any atom is 0.220 e. The molecule has 9 heteroatoms. The summed E-state index contributed by atoms with van der Waals surface area (Å²) in [5.74, 6) is 0.186. The lowest BCUT2D eigenvalue weighted by Crippen LogP contribution is -2.55. The zero-order chi connectivity index (χ0) is 27.3. The number of hydrogen-bond acceptors (Lipinski definition) is 8. The predicted octanol–water partition coefficient (Wildman–Crippen LogP) is 1.32. The number of hydrogen-bond donors (Lipinski definition) is 7. The Hall–Kier alpha value is -2.27. The van der Waals surface area contributed by atoms with Crippen LogP contribution in [0.2, 0.25) is 0 Å². The Kier molecular flexibility index (Phi) is 9.91. The van der Waals surface area contributed by atoms with Gasteiger partial charge in [0.05, 0.1) is 18.8 Å². The van der Waals surface area contributed by atoms with Crippen LogP contribution in [0.15, 0.2) is 35.9 Å². The third-order valence-corrected chi connectivity index (χ3v) is 7.20. The van der Waals surface area contributed by atoms with E-state index in [2.05, 4.69) is 23.5 Å². The number of nitrogens with one attached hydrogen (secondary N) is 1. The fourth-order valence-electron chi connectivity index (χ4n) is 4.81. The third kappa shape index (κ3) is 7.40. The highest BCUT2D eigenvalue weighted by Crippen LogP contribution is 2.38. The SMILES string of the molecule is Cc1cc(O)c([C@@H]2O[C@H](CO)[C@@H](O)C(O)[C@H]2O)cc1CC1=CCC(CCCC(=O)NC(C)(C)CO)C=C1. The molecular weight excluding hydrogens is 478 g/mol. The van der Waals surface area contributed by atoms with Gasteiger partial charge in [0.25, 0.3) is 0 Å². The van der Waals surface area contributed by atoms with Crippen molar-refractivity contribution in [2.24, 2.45) is 5.92 Å². The molecule has 0 saturated carbocycles. The quantitative estimate of drug-likeness (QED) is 0.244. The van der Waals surface area contributed by atoms with Gasteiger partial charge in [0.2, 0.25) is 5.91 Å². The molecule has 3 rings (SSSR count). The second-order valence-electron chi connectivity index (χ2n) is 10.9. The van der Waals surface area contributed by atoms with E-state index < -0.39 is 42.7 Å². The van der Waals surface area contributed by atoms with Crippen molar-refractivity contribution in [2.45, 2.75) is 88.9 Å². The summed E-state index contributed by atoms with van der Waals surface area (Å²) in [7, 11) is 0. The lowest BCUT2D eigenvalue weighted by Gasteiger charge is -2.40. The first-order valence-electron chi connectivity index (χ1n) is 12.9. The van der Waals surface area contributed by atoms with Crippen molar-refractivity contribution < 1.29 is 40.2 Å². The van der Waals surface area contributed by atoms with Gasteiger partial charge in [-0.2, -0.15) is 0 Å². The largest absolute Gasteiger partial charge is 0.508 e. The van der Waals surface area contributed by atoms with Gasteiger partial charge in [-0.1, -0.05) is 18.2 Å². The highest BCUT2D eigenvalue weighted by Gasteiger charge is 2.44. The van der Waals surface area contributed by atoms with E-state index >= 15 is 0 Å². The number of allylic oxidation sites excluding steroid dienone is 4. The van der Waals surface area contributed by atoms with Gasteiger partial charge in [-0.15, -0.1) is 0 Å². The average Bonchev–Trinajstić information content (AvgIpc) is 2.85. The predicted molar refractivity (Wildman–Crippen MR) is 138 cm³/mol. The summed E-state index contributed by atoms with van der Waals surface area (Å²) in [5, 5.41) is 62.9. The van der Waals surface area contributed by atoms with Crippen molar-refractivity contribution in [1.29, 1.82) is 0 Å². The molecule has 9 nitrogen and oxygen atoms in total. The summed E-state index contributed by atoms with van der Waals surface area (Å²) in [6, 6.07) is 3.33. The lowest BCUT2D eigenvalue weighted by atomic mass is 9.86. The third-order valence-electron chi connectivity index (χ3n) is 7.20. The molecule has 37 heavy (non-hydrogen) atoms. The molecule has 1 saturated heterocycles. The van der Waals surface area contributed by atoms with Crippen LogP contribution in [0.5, 0.6) is 5.75 Å². The van der Waals surface area contributed by atoms with Crippen LogP contribution in [0.3, 0.4) is 0 Å². The molecule has 7 N–H and O–H groups in total. The number of aromatic hydroxyl groups is 1. The van der Waals surface area contributed by atoms with Crippen LogP contribution >= 0.6 is 0 Å². The van der Waals surface area contributed by atoms with Crippen LogP contribution < -0.4 is 5.32 Å². The Labute approximate surface area is 218 Å². The molecule has 2 unspecified atom stereocenters. The number of carbonyl (C=O) groups is 1. The minimum atomic E-state index is -1.52. The van der Waals surface area contributed by atoms with Crippen LogP contribution in [0.25, 0.3) is 0 Å². The molecule has 1 heterocycles. The number of aliphatic hydroxyl groups is 5. The summed E-state index contributed by atoms with van der Waals surface area (Å²) in [6.45, 7) is 4.80. The van der Waals surface area contributed by atoms with E-state index in [9.17, 15) is 35.4 Å². The van der Waals surface area contributed by atoms with E-state index in [0.717, 1.165) is 36.0 Å². The number of aliphatic hydroxyl groups excluding tert-OH is 5. The number of benzene rings is 1. The minimum absolute atomic E-state index is 0.0620. The van der Waals surface area contributed by atoms with Gasteiger partial charge in [-0.05, 0) is 81.2 Å². The van der Waals surface area contributed by atoms with E-state index in [4.69, 9.17) is 4.74 Å². The van der Waals surface area contributed by atoms with Gasteiger partial charge in [0.1, 0.15) is 36.3 Å². The van der Waals surface area contributed by atoms with Crippen molar-refractivity contribution in [2.75, 3.05) is 13.2 Å². The molecule has 1 aromatic rings. The van der Waals surface area contributed by atoms with Gasteiger partial charge in [-0.3, -0.25) is 4.79 Å². The number of ether oxygens (including phenoxy) is 1. The van der Waals surface area contributed by atoms with Crippen molar-refractivity contribution in [3.63, 3.8) is 0 Å². The standard InChI is InChI=1S/C28H41NO8/c1-16-11-21(32)20(27-26(36)25(35)24(34)22(14-30)37-27)13-19(16)12-18-9-7-17(8-10-18)5-4-6-23(33)29-28(2,3)15-31/h7,9-11,13,17,22,24-27,30-32,34-36H,4-6,8,12,14-15H2,1-3H3,(H,29,33)/t17?,22-,24-,25?,26-,27+/m1/s1. The van der Waals surface area contributed by atoms with Crippen LogP contribution in [0.4, 0.5) is 0 Å². The highest BCUT2D eigenvalue weighted by atomic mass is 16.5. The van der Waals surface area contributed by atoms with Gasteiger partial charge >= 0.3 is 0 Å². The molecule has 1 aliphatic heterocycles. The van der Waals surface area contributed by atoms with E-state index in [-0.39, 0.29) is 18.3 Å². The molecule has 0 spiro atoms. The normalized spacial score (nSPS) is 28.2. The van der Waals surface area contributed by atoms with Gasteiger partial charge in [0, 0.05) is 12.0 Å². The van der Waals surface area contributed by atoms with Crippen molar-refractivity contribution in [3.8, 4) is 5.75 Å². The zero-order valence-electron chi connectivity index (χ0n) is 21.8. The van der Waals surface area contributed by atoms with Crippen LogP contribution in [-0.2, 0) is 16.0 Å². The molecule has 206 valence electrons. The summed E-state index contributed by atoms with van der Waals surface area (Å²) in [4.78, 5) is 12.1. The molecule has 1 aliphatic carbocycles. The number of phenolic OH excluding ortho intramolecular Hbond substituents is 1. The molecule has 6 atom stereocenters. The van der Waals surface area contributed by atoms with E-state index in [1.807, 2.05) is 6.92 Å². The highest BCUT2D eigenvalue weighted by molar-refractivity contribution is 5.76. The van der Waals surface area contributed by atoms with Crippen LogP contribution in [0, 0.1) is 12.8 Å². The second-order valence-corrected chi connectivity index (χ2v) is 10.9. The van der Waals surface area contributed by atoms with Crippen molar-refractivity contribution in [3.05, 3.63) is 52.6 Å². The number of phenols is 1. The fraction of sp³-hybridized carbons (Fsp3) is 0.607. The summed E-state index contributed by atoms with van der Waals surface area (Å²) in [5.41, 5.74) is 2.56. The van der Waals surface area contributed by atoms with Crippen molar-refractivity contribution >= 4 is 5.91 Å². The number of amides is 1. The maximum absolute atomic E-state index is 12.1. The monoisotopic (exact) mass is 519 g/mol. The van der Waals surface area contributed by atoms with Crippen LogP contribution in [0.1, 0.15) is 62.3 Å². The second kappa shape index (κ2) is 12.5. The first-order chi connectivity index (χ1) is 17.5. The smallest absolute Gasteiger partial charge is 0.220 e. The number of carbonyl (C=O) groups excluding carboxylic acids is 1. The average molecular weight is 520 g/mol. The molecule has 2 aliphatic rings. The Balaban J connectivity index is 1.60. The summed E-state index contributed by atoms with van der Waals surface area (Å²) >= 11 is 0. The molecule has 0 bridgehead atoms. The van der Waals surface area contributed by atoms with E-state index in [1.54, 1.807) is 26.0 Å². The first-order valence-corrected chi connectivity index (χ1v) is 12.9. The Bertz CT molecular complexity index is 1000. The van der Waals surface area contributed by atoms with E-state index in [1.165, 1.54) is 0 Å². The minimum Gasteiger partial charge on any atom is -0.508 e. The topological polar surface area (TPSA) is 160 Å². The molecular formula is C28H41NO8. The van der Waals surface area contributed by atoms with Gasteiger partial charge in [0.15, 0.2) is 0 Å². The van der Waals surface area contributed by atoms with Gasteiger partial charge in [-0.25, -0.2) is 0 Å². The zero-order valence-corrected chi connectivity index (χ0v) is 21.8. The molecule has 0 radical (unpaired) electrons. The number of aryl methyl sites for hydroxylation is 1. The first kappa shape index (κ1) is 29.3. The van der Waals surface area contributed by atoms with Gasteiger partial charge < -0.3 is 40.7 Å². The van der Waals surface area contributed by atoms with E-state index in [0.29, 0.717) is 24.3 Å². The molecule has 1 amide bonds. The Morgan fingerprint density at radius 1 is 1.14 bits per heavy atom. The Morgan fingerprint density at radius 3 is 2.49 bits per heavy atom. The lowest BCUT2D eigenvalue weighted by molar-refractivity contribution is -0.232. The number of rotatable bonds is 10. The summed E-state index contributed by atoms with van der Waals surface area (Å²) < 4.78 is 5.64. The van der Waals surface area contributed by atoms with Crippen LogP contribution in [-0.4, -0.2) is 79.7 Å². The molecule has 0 aromatic heterocycles. The Morgan fingerprint density at radius 2 is 1.86 bits per heavy atom. The summed E-state index contributed by atoms with van der Waals surface area (Å²) in [6.07, 6.45) is 3.28.